The molecule has 11 heteroatoms. The van der Waals surface area contributed by atoms with Crippen LogP contribution >= 0.6 is 0 Å². The van der Waals surface area contributed by atoms with Gasteiger partial charge in [0.05, 0.1) is 12.1 Å². The molecule has 1 aromatic carbocycles. The number of hydrogen-bond donors (Lipinski definition) is 3. The van der Waals surface area contributed by atoms with Crippen LogP contribution in [0, 0.1) is 23.2 Å². The Labute approximate surface area is 237 Å². The largest absolute Gasteiger partial charge is 0.388 e. The van der Waals surface area contributed by atoms with Crippen molar-refractivity contribution in [2.24, 2.45) is 28.3 Å². The van der Waals surface area contributed by atoms with E-state index in [1.165, 1.54) is 5.56 Å². The summed E-state index contributed by atoms with van der Waals surface area (Å²) in [6.07, 6.45) is 5.60. The zero-order chi connectivity index (χ0) is 28.9. The van der Waals surface area contributed by atoms with Crippen LogP contribution in [0.2, 0.25) is 0 Å². The lowest BCUT2D eigenvalue weighted by Crippen LogP contribution is -2.59. The maximum Gasteiger partial charge on any atom is 0.380 e. The summed E-state index contributed by atoms with van der Waals surface area (Å²) in [5.74, 6) is 1.26. The van der Waals surface area contributed by atoms with Crippen LogP contribution in [0.15, 0.2) is 18.2 Å². The van der Waals surface area contributed by atoms with Gasteiger partial charge in [-0.1, -0.05) is 26.8 Å². The van der Waals surface area contributed by atoms with Crippen molar-refractivity contribution in [1.82, 2.24) is 15.1 Å². The summed E-state index contributed by atoms with van der Waals surface area (Å²) in [6, 6.07) is 5.52. The molecule has 0 radical (unpaired) electrons. The van der Waals surface area contributed by atoms with Crippen LogP contribution in [0.4, 0.5) is 0 Å². The Morgan fingerprint density at radius 2 is 1.88 bits per heavy atom. The van der Waals surface area contributed by atoms with Crippen molar-refractivity contribution < 1.29 is 27.3 Å². The van der Waals surface area contributed by atoms with E-state index in [9.17, 15) is 23.1 Å². The van der Waals surface area contributed by atoms with E-state index in [0.29, 0.717) is 37.4 Å². The van der Waals surface area contributed by atoms with E-state index in [0.717, 1.165) is 57.2 Å². The average Bonchev–Trinajstić information content (AvgIpc) is 3.16. The highest BCUT2D eigenvalue weighted by Crippen LogP contribution is 2.64. The standard InChI is InChI=1S/C29H44N4O6S/c1-19(2)27(35)31-17-26(34)33-14-12-32(13-15-33)18-29(36)11-9-25-24-6-4-20-16-21(39-40(30,37)38)5-7-22(20)23(24)8-10-28(25,29)3/h5,7,16,19,23-25,36H,4,6,8-15,17-18H2,1-3H3,(H,31,35)(H2,30,37,38)/t23-,24-,25+,28+,29-/m1/s1. The molecule has 0 spiro atoms. The Kier molecular flexibility index (Phi) is 7.97. The molecule has 10 nitrogen and oxygen atoms in total. The maximum absolute atomic E-state index is 12.6. The topological polar surface area (TPSA) is 142 Å². The number of nitrogens with two attached hydrogens (primary N) is 1. The van der Waals surface area contributed by atoms with Gasteiger partial charge in [0.2, 0.25) is 11.8 Å². The molecule has 1 aliphatic heterocycles. The van der Waals surface area contributed by atoms with E-state index >= 15 is 0 Å². The summed E-state index contributed by atoms with van der Waals surface area (Å²) in [4.78, 5) is 28.5. The Balaban J connectivity index is 1.20. The van der Waals surface area contributed by atoms with Crippen LogP contribution in [-0.4, -0.2) is 80.0 Å². The molecule has 0 aromatic heterocycles. The molecular weight excluding hydrogens is 532 g/mol. The van der Waals surface area contributed by atoms with Crippen LogP contribution in [0.25, 0.3) is 0 Å². The van der Waals surface area contributed by atoms with Gasteiger partial charge in [-0.25, -0.2) is 0 Å². The van der Waals surface area contributed by atoms with Gasteiger partial charge < -0.3 is 19.5 Å². The second-order valence-corrected chi connectivity index (χ2v) is 14.1. The second kappa shape index (κ2) is 10.9. The number of amides is 2. The minimum Gasteiger partial charge on any atom is -0.388 e. The normalized spacial score (nSPS) is 32.2. The highest BCUT2D eigenvalue weighted by Gasteiger charge is 2.61. The monoisotopic (exact) mass is 576 g/mol. The molecule has 0 unspecified atom stereocenters. The van der Waals surface area contributed by atoms with Crippen molar-refractivity contribution in [2.45, 2.75) is 70.8 Å². The van der Waals surface area contributed by atoms with E-state index < -0.39 is 15.9 Å². The third kappa shape index (κ3) is 5.62. The fourth-order valence-electron chi connectivity index (χ4n) is 8.12. The first-order chi connectivity index (χ1) is 18.8. The number of benzene rings is 1. The zero-order valence-electron chi connectivity index (χ0n) is 23.9. The first-order valence-electron chi connectivity index (χ1n) is 14.6. The van der Waals surface area contributed by atoms with Gasteiger partial charge in [-0.05, 0) is 79.5 Å². The number of aryl methyl sites for hydroxylation is 1. The van der Waals surface area contributed by atoms with E-state index in [4.69, 9.17) is 9.32 Å². The third-order valence-electron chi connectivity index (χ3n) is 10.4. The predicted octanol–water partition coefficient (Wildman–Crippen LogP) is 1.77. The lowest BCUT2D eigenvalue weighted by molar-refractivity contribution is -0.137. The van der Waals surface area contributed by atoms with E-state index in [1.54, 1.807) is 6.07 Å². The van der Waals surface area contributed by atoms with Gasteiger partial charge in [0.15, 0.2) is 0 Å². The van der Waals surface area contributed by atoms with Gasteiger partial charge in [0.25, 0.3) is 0 Å². The Morgan fingerprint density at radius 1 is 1.15 bits per heavy atom. The fourth-order valence-corrected chi connectivity index (χ4v) is 8.49. The quantitative estimate of drug-likeness (QED) is 0.449. The zero-order valence-corrected chi connectivity index (χ0v) is 24.7. The summed E-state index contributed by atoms with van der Waals surface area (Å²) in [7, 11) is -4.05. The number of nitrogens with one attached hydrogen (secondary N) is 1. The van der Waals surface area contributed by atoms with Crippen molar-refractivity contribution in [3.63, 3.8) is 0 Å². The molecule has 2 saturated carbocycles. The highest BCUT2D eigenvalue weighted by atomic mass is 32.2. The van der Waals surface area contributed by atoms with E-state index in [-0.39, 0.29) is 35.4 Å². The number of fused-ring (bicyclic) bond motifs is 5. The number of carbonyl (C=O) groups is 2. The van der Waals surface area contributed by atoms with Gasteiger partial charge in [-0.15, -0.1) is 0 Å². The Morgan fingerprint density at radius 3 is 2.55 bits per heavy atom. The SMILES string of the molecule is CC(C)C(=O)NCC(=O)N1CCN(C[C@]2(O)CC[C@H]3[C@@H]4CCc5cc(OS(N)(=O)=O)ccc5[C@H]4CC[C@@]32C)CC1. The summed E-state index contributed by atoms with van der Waals surface area (Å²) in [6.45, 7) is 9.20. The van der Waals surface area contributed by atoms with Gasteiger partial charge in [-0.3, -0.25) is 14.5 Å². The van der Waals surface area contributed by atoms with Crippen molar-refractivity contribution in [1.29, 1.82) is 0 Å². The molecule has 5 atom stereocenters. The lowest BCUT2D eigenvalue weighted by atomic mass is 9.53. The van der Waals surface area contributed by atoms with Crippen LogP contribution in [0.1, 0.15) is 69.9 Å². The molecule has 1 aromatic rings. The van der Waals surface area contributed by atoms with Gasteiger partial charge in [0.1, 0.15) is 5.75 Å². The summed E-state index contributed by atoms with van der Waals surface area (Å²) >= 11 is 0. The van der Waals surface area contributed by atoms with Gasteiger partial charge >= 0.3 is 10.3 Å². The van der Waals surface area contributed by atoms with Crippen molar-refractivity contribution in [3.05, 3.63) is 29.3 Å². The molecule has 222 valence electrons. The number of β-amino-alcohol motifs (C(OH)–C–C–N with tert-alkyl or cyclic N) is 1. The molecule has 1 saturated heterocycles. The fraction of sp³-hybridized carbons (Fsp3) is 0.724. The number of hydrogen-bond acceptors (Lipinski definition) is 7. The molecule has 5 rings (SSSR count). The molecule has 4 N–H and O–H groups in total. The summed E-state index contributed by atoms with van der Waals surface area (Å²) < 4.78 is 27.7. The van der Waals surface area contributed by atoms with E-state index in [1.807, 2.05) is 30.9 Å². The first kappa shape index (κ1) is 29.3. The molecule has 2 amide bonds. The predicted molar refractivity (Wildman–Crippen MR) is 151 cm³/mol. The van der Waals surface area contributed by atoms with Gasteiger partial charge in [0, 0.05) is 44.1 Å². The van der Waals surface area contributed by atoms with Crippen LogP contribution in [-0.2, 0) is 26.3 Å². The van der Waals surface area contributed by atoms with Crippen molar-refractivity contribution in [2.75, 3.05) is 39.3 Å². The number of nitrogens with zero attached hydrogens (tertiary/aromatic N) is 2. The average molecular weight is 577 g/mol. The molecule has 3 fully saturated rings. The Bertz CT molecular complexity index is 1250. The minimum absolute atomic E-state index is 0.0346. The Hall–Kier alpha value is -2.21. The van der Waals surface area contributed by atoms with Crippen LogP contribution < -0.4 is 14.6 Å². The number of rotatable bonds is 7. The minimum atomic E-state index is -4.05. The maximum atomic E-state index is 12.6. The van der Waals surface area contributed by atoms with E-state index in [2.05, 4.69) is 17.1 Å². The number of carbonyl (C=O) groups excluding carboxylic acids is 2. The summed E-state index contributed by atoms with van der Waals surface area (Å²) in [5.41, 5.74) is 1.47. The highest BCUT2D eigenvalue weighted by molar-refractivity contribution is 7.84. The molecule has 3 aliphatic carbocycles. The van der Waals surface area contributed by atoms with Crippen molar-refractivity contribution >= 4 is 22.1 Å². The molecular formula is C29H44N4O6S. The number of piperazine rings is 1. The molecule has 0 bridgehead atoms. The third-order valence-corrected chi connectivity index (χ3v) is 10.8. The van der Waals surface area contributed by atoms with Crippen LogP contribution in [0.5, 0.6) is 5.75 Å². The molecule has 1 heterocycles. The second-order valence-electron chi connectivity index (χ2n) is 12.9. The van der Waals surface area contributed by atoms with Crippen LogP contribution in [0.3, 0.4) is 0 Å². The number of aliphatic hydroxyl groups is 1. The summed E-state index contributed by atoms with van der Waals surface area (Å²) in [5, 5.41) is 19.9. The molecule has 4 aliphatic rings. The van der Waals surface area contributed by atoms with Gasteiger partial charge in [-0.2, -0.15) is 13.6 Å². The molecule has 40 heavy (non-hydrogen) atoms. The van der Waals surface area contributed by atoms with Crippen molar-refractivity contribution in [3.8, 4) is 5.75 Å². The lowest BCUT2D eigenvalue weighted by Gasteiger charge is -2.54. The first-order valence-corrected chi connectivity index (χ1v) is 16.1. The smallest absolute Gasteiger partial charge is 0.380 e.